The standard InChI is InChI=1S/C7H6ClF2NO/c8-6-2-4(7(9)10)1-5(3-12)11-6/h1-2,7,12H,3H2. The number of pyridine rings is 1. The highest BCUT2D eigenvalue weighted by atomic mass is 35.5. The van der Waals surface area contributed by atoms with Crippen molar-refractivity contribution in [2.75, 3.05) is 0 Å². The van der Waals surface area contributed by atoms with Crippen molar-refractivity contribution in [2.45, 2.75) is 13.0 Å². The Morgan fingerprint density at radius 2 is 2.17 bits per heavy atom. The lowest BCUT2D eigenvalue weighted by atomic mass is 10.2. The number of hydrogen-bond acceptors (Lipinski definition) is 2. The molecule has 0 amide bonds. The maximum atomic E-state index is 12.1. The summed E-state index contributed by atoms with van der Waals surface area (Å²) in [7, 11) is 0. The average Bonchev–Trinajstić information content (AvgIpc) is 2.03. The Bertz CT molecular complexity index is 280. The lowest BCUT2D eigenvalue weighted by Gasteiger charge is -2.02. The quantitative estimate of drug-likeness (QED) is 0.731. The van der Waals surface area contributed by atoms with Crippen molar-refractivity contribution >= 4 is 11.6 Å². The van der Waals surface area contributed by atoms with Crippen LogP contribution in [0.25, 0.3) is 0 Å². The van der Waals surface area contributed by atoms with E-state index < -0.39 is 6.43 Å². The van der Waals surface area contributed by atoms with E-state index in [0.29, 0.717) is 0 Å². The van der Waals surface area contributed by atoms with E-state index in [9.17, 15) is 8.78 Å². The summed E-state index contributed by atoms with van der Waals surface area (Å²) in [6.45, 7) is -0.389. The third kappa shape index (κ3) is 2.12. The number of alkyl halides is 2. The molecule has 0 aliphatic rings. The third-order valence-electron chi connectivity index (χ3n) is 1.28. The lowest BCUT2D eigenvalue weighted by molar-refractivity contribution is 0.151. The smallest absolute Gasteiger partial charge is 0.264 e. The Morgan fingerprint density at radius 1 is 1.50 bits per heavy atom. The maximum Gasteiger partial charge on any atom is 0.264 e. The first-order valence-corrected chi connectivity index (χ1v) is 3.56. The van der Waals surface area contributed by atoms with Crippen molar-refractivity contribution in [3.8, 4) is 0 Å². The lowest BCUT2D eigenvalue weighted by Crippen LogP contribution is -1.93. The molecule has 0 radical (unpaired) electrons. The molecule has 0 atom stereocenters. The summed E-state index contributed by atoms with van der Waals surface area (Å²) in [5.41, 5.74) is -0.0724. The zero-order valence-electron chi connectivity index (χ0n) is 5.97. The maximum absolute atomic E-state index is 12.1. The molecule has 0 bridgehead atoms. The first-order chi connectivity index (χ1) is 5.63. The molecular weight excluding hydrogens is 188 g/mol. The number of rotatable bonds is 2. The van der Waals surface area contributed by atoms with Crippen LogP contribution >= 0.6 is 11.6 Å². The number of aromatic nitrogens is 1. The van der Waals surface area contributed by atoms with E-state index in [1.165, 1.54) is 0 Å². The molecule has 0 saturated heterocycles. The van der Waals surface area contributed by atoms with Gasteiger partial charge in [-0.2, -0.15) is 0 Å². The summed E-state index contributed by atoms with van der Waals surface area (Å²) in [4.78, 5) is 3.62. The molecule has 5 heteroatoms. The minimum Gasteiger partial charge on any atom is -0.390 e. The topological polar surface area (TPSA) is 33.1 Å². The highest BCUT2D eigenvalue weighted by Crippen LogP contribution is 2.21. The van der Waals surface area contributed by atoms with Gasteiger partial charge in [0.05, 0.1) is 12.3 Å². The molecule has 12 heavy (non-hydrogen) atoms. The van der Waals surface area contributed by atoms with Crippen LogP contribution in [0.5, 0.6) is 0 Å². The monoisotopic (exact) mass is 193 g/mol. The van der Waals surface area contributed by atoms with Gasteiger partial charge in [-0.05, 0) is 12.1 Å². The van der Waals surface area contributed by atoms with E-state index in [-0.39, 0.29) is 23.0 Å². The first-order valence-electron chi connectivity index (χ1n) is 3.19. The third-order valence-corrected chi connectivity index (χ3v) is 1.48. The Kier molecular flexibility index (Phi) is 2.94. The van der Waals surface area contributed by atoms with Gasteiger partial charge in [0.2, 0.25) is 0 Å². The molecule has 2 nitrogen and oxygen atoms in total. The van der Waals surface area contributed by atoms with E-state index in [2.05, 4.69) is 4.98 Å². The second-order valence-corrected chi connectivity index (χ2v) is 2.56. The van der Waals surface area contributed by atoms with Crippen LogP contribution in [0.4, 0.5) is 8.78 Å². The van der Waals surface area contributed by atoms with Crippen molar-refractivity contribution in [2.24, 2.45) is 0 Å². The number of hydrogen-bond donors (Lipinski definition) is 1. The number of aliphatic hydroxyl groups excluding tert-OH is 1. The number of halogens is 3. The fourth-order valence-electron chi connectivity index (χ4n) is 0.780. The molecule has 0 aliphatic heterocycles. The van der Waals surface area contributed by atoms with Crippen LogP contribution in [-0.4, -0.2) is 10.1 Å². The summed E-state index contributed by atoms with van der Waals surface area (Å²) >= 11 is 5.42. The highest BCUT2D eigenvalue weighted by molar-refractivity contribution is 6.29. The van der Waals surface area contributed by atoms with Crippen molar-refractivity contribution in [1.29, 1.82) is 0 Å². The van der Waals surface area contributed by atoms with E-state index >= 15 is 0 Å². The average molecular weight is 194 g/mol. The molecule has 66 valence electrons. The van der Waals surface area contributed by atoms with Gasteiger partial charge >= 0.3 is 0 Å². The largest absolute Gasteiger partial charge is 0.390 e. The molecule has 1 aromatic heterocycles. The van der Waals surface area contributed by atoms with E-state index in [0.717, 1.165) is 12.1 Å². The van der Waals surface area contributed by atoms with Crippen LogP contribution in [0.3, 0.4) is 0 Å². The predicted octanol–water partition coefficient (Wildman–Crippen LogP) is 2.16. The van der Waals surface area contributed by atoms with Crippen molar-refractivity contribution < 1.29 is 13.9 Å². The van der Waals surface area contributed by atoms with Crippen molar-refractivity contribution in [3.63, 3.8) is 0 Å². The van der Waals surface area contributed by atoms with Crippen LogP contribution in [0.15, 0.2) is 12.1 Å². The summed E-state index contributed by atoms with van der Waals surface area (Å²) in [5, 5.41) is 8.57. The summed E-state index contributed by atoms with van der Waals surface area (Å²) < 4.78 is 24.2. The van der Waals surface area contributed by atoms with Crippen LogP contribution in [-0.2, 0) is 6.61 Å². The Balaban J connectivity index is 3.06. The first kappa shape index (κ1) is 9.35. The van der Waals surface area contributed by atoms with E-state index in [1.807, 2.05) is 0 Å². The molecule has 0 saturated carbocycles. The van der Waals surface area contributed by atoms with Gasteiger partial charge in [-0.3, -0.25) is 0 Å². The molecule has 1 heterocycles. The molecular formula is C7H6ClF2NO. The van der Waals surface area contributed by atoms with Gasteiger partial charge in [-0.15, -0.1) is 0 Å². The Morgan fingerprint density at radius 3 is 2.67 bits per heavy atom. The normalized spacial score (nSPS) is 10.8. The fraction of sp³-hybridized carbons (Fsp3) is 0.286. The molecule has 1 N–H and O–H groups in total. The summed E-state index contributed by atoms with van der Waals surface area (Å²) in [6.07, 6.45) is -2.59. The Labute approximate surface area is 72.8 Å². The van der Waals surface area contributed by atoms with E-state index in [4.69, 9.17) is 16.7 Å². The van der Waals surface area contributed by atoms with Crippen LogP contribution in [0.2, 0.25) is 5.15 Å². The molecule has 0 fully saturated rings. The second-order valence-electron chi connectivity index (χ2n) is 2.17. The van der Waals surface area contributed by atoms with Crippen LogP contribution in [0.1, 0.15) is 17.7 Å². The molecule has 1 aromatic rings. The van der Waals surface area contributed by atoms with Gasteiger partial charge in [0.15, 0.2) is 0 Å². The molecule has 1 rings (SSSR count). The van der Waals surface area contributed by atoms with Gasteiger partial charge in [0, 0.05) is 5.56 Å². The molecule has 0 aliphatic carbocycles. The minimum absolute atomic E-state index is 0.0307. The number of nitrogens with zero attached hydrogens (tertiary/aromatic N) is 1. The van der Waals surface area contributed by atoms with E-state index in [1.54, 1.807) is 0 Å². The van der Waals surface area contributed by atoms with Crippen molar-refractivity contribution in [3.05, 3.63) is 28.5 Å². The van der Waals surface area contributed by atoms with Gasteiger partial charge in [0.25, 0.3) is 6.43 Å². The fourth-order valence-corrected chi connectivity index (χ4v) is 1.01. The second kappa shape index (κ2) is 3.78. The Hall–Kier alpha value is -0.740. The minimum atomic E-state index is -2.59. The summed E-state index contributed by atoms with van der Waals surface area (Å²) in [5.74, 6) is 0. The highest BCUT2D eigenvalue weighted by Gasteiger charge is 2.09. The van der Waals surface area contributed by atoms with Gasteiger partial charge in [-0.25, -0.2) is 13.8 Å². The van der Waals surface area contributed by atoms with Crippen molar-refractivity contribution in [1.82, 2.24) is 4.98 Å². The predicted molar refractivity (Wildman–Crippen MR) is 40.1 cm³/mol. The zero-order chi connectivity index (χ0) is 9.14. The van der Waals surface area contributed by atoms with Crippen LogP contribution < -0.4 is 0 Å². The number of aliphatic hydroxyl groups is 1. The van der Waals surface area contributed by atoms with Crippen LogP contribution in [0, 0.1) is 0 Å². The molecule has 0 unspecified atom stereocenters. The SMILES string of the molecule is OCc1cc(C(F)F)cc(Cl)n1. The van der Waals surface area contributed by atoms with Gasteiger partial charge in [0.1, 0.15) is 5.15 Å². The van der Waals surface area contributed by atoms with Gasteiger partial charge in [-0.1, -0.05) is 11.6 Å². The zero-order valence-corrected chi connectivity index (χ0v) is 6.72. The van der Waals surface area contributed by atoms with Gasteiger partial charge < -0.3 is 5.11 Å². The molecule has 0 aromatic carbocycles. The summed E-state index contributed by atoms with van der Waals surface area (Å²) in [6, 6.07) is 2.20. The molecule has 0 spiro atoms.